The van der Waals surface area contributed by atoms with Gasteiger partial charge in [0.05, 0.1) is 0 Å². The standard InChI is InChI=1S/C24H14Br2O/c25-17-9-11-21-20-10-6-15(13-23(20)27-24(21)14-17)5-7-16-8-12-22(26)19-4-2-1-3-18(16)19/h1-14H. The molecule has 0 saturated carbocycles. The van der Waals surface area contributed by atoms with Crippen molar-refractivity contribution >= 4 is 76.7 Å². The van der Waals surface area contributed by atoms with E-state index >= 15 is 0 Å². The SMILES string of the molecule is Brc1ccc2c(c1)oc1cc(C=Cc3ccc(Br)c4ccccc34)ccc12. The van der Waals surface area contributed by atoms with Gasteiger partial charge >= 0.3 is 0 Å². The molecule has 130 valence electrons. The summed E-state index contributed by atoms with van der Waals surface area (Å²) in [5, 5.41) is 4.74. The summed E-state index contributed by atoms with van der Waals surface area (Å²) in [5.74, 6) is 0. The monoisotopic (exact) mass is 476 g/mol. The van der Waals surface area contributed by atoms with Crippen molar-refractivity contribution in [3.63, 3.8) is 0 Å². The average molecular weight is 478 g/mol. The Kier molecular flexibility index (Phi) is 4.14. The van der Waals surface area contributed by atoms with Gasteiger partial charge in [0.25, 0.3) is 0 Å². The molecule has 27 heavy (non-hydrogen) atoms. The molecule has 0 atom stereocenters. The fourth-order valence-corrected chi connectivity index (χ4v) is 4.31. The molecule has 1 nitrogen and oxygen atoms in total. The molecule has 5 aromatic rings. The maximum Gasteiger partial charge on any atom is 0.136 e. The Labute approximate surface area is 173 Å². The van der Waals surface area contributed by atoms with E-state index in [1.54, 1.807) is 0 Å². The zero-order chi connectivity index (χ0) is 18.4. The van der Waals surface area contributed by atoms with Crippen LogP contribution >= 0.6 is 31.9 Å². The molecule has 0 saturated heterocycles. The molecule has 0 amide bonds. The molecule has 0 N–H and O–H groups in total. The highest BCUT2D eigenvalue weighted by Crippen LogP contribution is 2.32. The van der Waals surface area contributed by atoms with Gasteiger partial charge in [-0.15, -0.1) is 0 Å². The summed E-state index contributed by atoms with van der Waals surface area (Å²) in [4.78, 5) is 0. The Morgan fingerprint density at radius 3 is 2.22 bits per heavy atom. The van der Waals surface area contributed by atoms with E-state index in [-0.39, 0.29) is 0 Å². The van der Waals surface area contributed by atoms with Crippen molar-refractivity contribution < 1.29 is 4.42 Å². The summed E-state index contributed by atoms with van der Waals surface area (Å²) in [7, 11) is 0. The second kappa shape index (κ2) is 6.66. The van der Waals surface area contributed by atoms with E-state index in [1.165, 1.54) is 16.3 Å². The summed E-state index contributed by atoms with van der Waals surface area (Å²) in [5.41, 5.74) is 4.13. The highest BCUT2D eigenvalue weighted by Gasteiger charge is 2.07. The molecule has 0 fully saturated rings. The van der Waals surface area contributed by atoms with E-state index < -0.39 is 0 Å². The van der Waals surface area contributed by atoms with Crippen molar-refractivity contribution in [1.29, 1.82) is 0 Å². The summed E-state index contributed by atoms with van der Waals surface area (Å²) < 4.78 is 8.18. The molecule has 0 aliphatic carbocycles. The van der Waals surface area contributed by atoms with Gasteiger partial charge in [-0.2, -0.15) is 0 Å². The number of benzene rings is 4. The Morgan fingerprint density at radius 1 is 0.630 bits per heavy atom. The first-order valence-corrected chi connectivity index (χ1v) is 10.2. The fourth-order valence-electron chi connectivity index (χ4n) is 3.49. The van der Waals surface area contributed by atoms with Crippen LogP contribution in [0, 0.1) is 0 Å². The van der Waals surface area contributed by atoms with Crippen LogP contribution in [0.5, 0.6) is 0 Å². The molecule has 0 spiro atoms. The summed E-state index contributed by atoms with van der Waals surface area (Å²) >= 11 is 7.14. The third kappa shape index (κ3) is 3.01. The number of hydrogen-bond donors (Lipinski definition) is 0. The fraction of sp³-hybridized carbons (Fsp3) is 0. The molecule has 1 heterocycles. The maximum atomic E-state index is 6.04. The van der Waals surface area contributed by atoms with Gasteiger partial charge in [-0.3, -0.25) is 0 Å². The Bertz CT molecular complexity index is 1350. The van der Waals surface area contributed by atoms with E-state index in [9.17, 15) is 0 Å². The largest absolute Gasteiger partial charge is 0.456 e. The van der Waals surface area contributed by atoms with Crippen molar-refractivity contribution in [1.82, 2.24) is 0 Å². The van der Waals surface area contributed by atoms with Gasteiger partial charge < -0.3 is 4.42 Å². The van der Waals surface area contributed by atoms with Crippen molar-refractivity contribution in [2.45, 2.75) is 0 Å². The molecular weight excluding hydrogens is 464 g/mol. The van der Waals surface area contributed by atoms with Crippen LogP contribution in [0.1, 0.15) is 11.1 Å². The van der Waals surface area contributed by atoms with E-state index in [2.05, 4.69) is 105 Å². The normalized spacial score (nSPS) is 11.9. The minimum atomic E-state index is 0.902. The van der Waals surface area contributed by atoms with Crippen LogP contribution in [0.15, 0.2) is 86.2 Å². The van der Waals surface area contributed by atoms with Crippen molar-refractivity contribution in [2.75, 3.05) is 0 Å². The number of fused-ring (bicyclic) bond motifs is 4. The molecular formula is C24H14Br2O. The van der Waals surface area contributed by atoms with Crippen LogP contribution in [0.2, 0.25) is 0 Å². The molecule has 0 aliphatic rings. The number of rotatable bonds is 2. The lowest BCUT2D eigenvalue weighted by molar-refractivity contribution is 0.668. The zero-order valence-corrected chi connectivity index (χ0v) is 17.4. The molecule has 0 radical (unpaired) electrons. The number of halogens is 2. The van der Waals surface area contributed by atoms with E-state index in [0.717, 1.165) is 36.4 Å². The maximum absolute atomic E-state index is 6.04. The van der Waals surface area contributed by atoms with Gasteiger partial charge in [-0.25, -0.2) is 0 Å². The molecule has 3 heteroatoms. The van der Waals surface area contributed by atoms with E-state index in [4.69, 9.17) is 4.42 Å². The number of hydrogen-bond acceptors (Lipinski definition) is 1. The van der Waals surface area contributed by atoms with E-state index in [1.807, 2.05) is 12.1 Å². The van der Waals surface area contributed by atoms with Crippen LogP contribution < -0.4 is 0 Å². The lowest BCUT2D eigenvalue weighted by atomic mass is 10.0. The predicted octanol–water partition coefficient (Wildman–Crippen LogP) is 8.43. The third-order valence-electron chi connectivity index (χ3n) is 4.82. The Balaban J connectivity index is 1.58. The summed E-state index contributed by atoms with van der Waals surface area (Å²) in [6.45, 7) is 0. The number of furan rings is 1. The first kappa shape index (κ1) is 16.8. The van der Waals surface area contributed by atoms with Crippen LogP contribution in [-0.4, -0.2) is 0 Å². The summed E-state index contributed by atoms with van der Waals surface area (Å²) in [6, 6.07) is 25.2. The van der Waals surface area contributed by atoms with Crippen molar-refractivity contribution in [3.05, 3.63) is 92.9 Å². The van der Waals surface area contributed by atoms with Gasteiger partial charge in [-0.1, -0.05) is 80.4 Å². The van der Waals surface area contributed by atoms with Gasteiger partial charge in [0, 0.05) is 19.7 Å². The Hall–Kier alpha value is -2.36. The predicted molar refractivity (Wildman–Crippen MR) is 122 cm³/mol. The molecule has 4 aromatic carbocycles. The highest BCUT2D eigenvalue weighted by molar-refractivity contribution is 9.11. The Morgan fingerprint density at radius 2 is 1.37 bits per heavy atom. The minimum Gasteiger partial charge on any atom is -0.456 e. The van der Waals surface area contributed by atoms with Crippen molar-refractivity contribution in [2.24, 2.45) is 0 Å². The first-order chi connectivity index (χ1) is 13.2. The van der Waals surface area contributed by atoms with Crippen LogP contribution in [0.4, 0.5) is 0 Å². The van der Waals surface area contributed by atoms with E-state index in [0.29, 0.717) is 0 Å². The lowest BCUT2D eigenvalue weighted by Gasteiger charge is -2.04. The lowest BCUT2D eigenvalue weighted by Crippen LogP contribution is -1.80. The zero-order valence-electron chi connectivity index (χ0n) is 14.2. The summed E-state index contributed by atoms with van der Waals surface area (Å²) in [6.07, 6.45) is 4.30. The molecule has 0 bridgehead atoms. The molecule has 5 rings (SSSR count). The second-order valence-corrected chi connectivity index (χ2v) is 8.28. The topological polar surface area (TPSA) is 13.1 Å². The van der Waals surface area contributed by atoms with Gasteiger partial charge in [0.15, 0.2) is 0 Å². The van der Waals surface area contributed by atoms with Crippen molar-refractivity contribution in [3.8, 4) is 0 Å². The third-order valence-corrected chi connectivity index (χ3v) is 6.00. The van der Waals surface area contributed by atoms with Gasteiger partial charge in [-0.05, 0) is 58.3 Å². The quantitative estimate of drug-likeness (QED) is 0.232. The minimum absolute atomic E-state index is 0.902. The molecule has 0 unspecified atom stereocenters. The second-order valence-electron chi connectivity index (χ2n) is 6.51. The van der Waals surface area contributed by atoms with Crippen LogP contribution in [-0.2, 0) is 0 Å². The van der Waals surface area contributed by atoms with Crippen LogP contribution in [0.25, 0.3) is 44.9 Å². The van der Waals surface area contributed by atoms with Gasteiger partial charge in [0.2, 0.25) is 0 Å². The average Bonchev–Trinajstić information content (AvgIpc) is 3.04. The molecule has 0 aliphatic heterocycles. The smallest absolute Gasteiger partial charge is 0.136 e. The first-order valence-electron chi connectivity index (χ1n) is 8.66. The van der Waals surface area contributed by atoms with Crippen LogP contribution in [0.3, 0.4) is 0 Å². The highest BCUT2D eigenvalue weighted by atomic mass is 79.9. The molecule has 1 aromatic heterocycles. The van der Waals surface area contributed by atoms with Gasteiger partial charge in [0.1, 0.15) is 11.2 Å².